The van der Waals surface area contributed by atoms with Crippen LogP contribution in [-0.4, -0.2) is 37.4 Å². The summed E-state index contributed by atoms with van der Waals surface area (Å²) in [4.78, 5) is 28.3. The quantitative estimate of drug-likeness (QED) is 0.897. The maximum absolute atomic E-state index is 13.0. The molecule has 1 unspecified atom stereocenters. The summed E-state index contributed by atoms with van der Waals surface area (Å²) in [6.07, 6.45) is 0.197. The molecule has 1 fully saturated rings. The van der Waals surface area contributed by atoms with Crippen LogP contribution in [0.15, 0.2) is 48.5 Å². The molecule has 0 spiro atoms. The van der Waals surface area contributed by atoms with E-state index in [4.69, 9.17) is 0 Å². The Kier molecular flexibility index (Phi) is 5.21. The predicted molar refractivity (Wildman–Crippen MR) is 99.3 cm³/mol. The molecule has 1 heterocycles. The molecule has 0 saturated carbocycles. The number of nitrogens with zero attached hydrogens (tertiary/aromatic N) is 2. The lowest BCUT2D eigenvalue weighted by atomic mass is 10.1. The molecule has 136 valence electrons. The first-order valence-corrected chi connectivity index (χ1v) is 8.53. The summed E-state index contributed by atoms with van der Waals surface area (Å²) in [5.41, 5.74) is 2.61. The fraction of sp³-hybridized carbons (Fsp3) is 0.300. The highest BCUT2D eigenvalue weighted by molar-refractivity contribution is 5.97. The van der Waals surface area contributed by atoms with Crippen LogP contribution in [0.5, 0.6) is 0 Å². The summed E-state index contributed by atoms with van der Waals surface area (Å²) in [5.74, 6) is -0.898. The van der Waals surface area contributed by atoms with Gasteiger partial charge in [-0.05, 0) is 42.0 Å². The van der Waals surface area contributed by atoms with Crippen LogP contribution in [0, 0.1) is 11.7 Å². The van der Waals surface area contributed by atoms with Gasteiger partial charge in [-0.1, -0.05) is 12.1 Å². The topological polar surface area (TPSA) is 52.7 Å². The fourth-order valence-electron chi connectivity index (χ4n) is 3.00. The molecule has 0 aromatic heterocycles. The summed E-state index contributed by atoms with van der Waals surface area (Å²) in [7, 11) is 3.90. The summed E-state index contributed by atoms with van der Waals surface area (Å²) in [6.45, 7) is 0.762. The monoisotopic (exact) mass is 355 g/mol. The number of hydrogen-bond donors (Lipinski definition) is 1. The maximum atomic E-state index is 13.0. The molecule has 1 aliphatic heterocycles. The highest BCUT2D eigenvalue weighted by atomic mass is 19.1. The van der Waals surface area contributed by atoms with Crippen LogP contribution in [0.4, 0.5) is 15.8 Å². The molecule has 2 aromatic carbocycles. The van der Waals surface area contributed by atoms with E-state index in [1.54, 1.807) is 17.0 Å². The zero-order chi connectivity index (χ0) is 18.7. The molecule has 1 atom stereocenters. The smallest absolute Gasteiger partial charge is 0.229 e. The summed E-state index contributed by atoms with van der Waals surface area (Å²) < 4.78 is 13.0. The molecule has 6 heteroatoms. The van der Waals surface area contributed by atoms with Gasteiger partial charge in [0.25, 0.3) is 0 Å². The van der Waals surface area contributed by atoms with E-state index in [-0.39, 0.29) is 30.0 Å². The molecule has 3 rings (SSSR count). The van der Waals surface area contributed by atoms with Gasteiger partial charge in [0, 0.05) is 45.0 Å². The molecule has 0 bridgehead atoms. The van der Waals surface area contributed by atoms with Crippen molar-refractivity contribution in [1.82, 2.24) is 4.90 Å². The number of benzene rings is 2. The highest BCUT2D eigenvalue weighted by Gasteiger charge is 2.34. The van der Waals surface area contributed by atoms with Crippen LogP contribution < -0.4 is 10.2 Å². The largest absolute Gasteiger partial charge is 0.378 e. The lowest BCUT2D eigenvalue weighted by molar-refractivity contribution is -0.128. The number of rotatable bonds is 5. The van der Waals surface area contributed by atoms with Crippen LogP contribution in [0.1, 0.15) is 12.0 Å². The molecular weight excluding hydrogens is 333 g/mol. The Hall–Kier alpha value is -2.89. The van der Waals surface area contributed by atoms with Crippen LogP contribution in [0.3, 0.4) is 0 Å². The van der Waals surface area contributed by atoms with Crippen molar-refractivity contribution in [3.05, 3.63) is 59.9 Å². The fourth-order valence-corrected chi connectivity index (χ4v) is 3.00. The highest BCUT2D eigenvalue weighted by Crippen LogP contribution is 2.23. The molecule has 1 saturated heterocycles. The van der Waals surface area contributed by atoms with Crippen molar-refractivity contribution >= 4 is 23.2 Å². The van der Waals surface area contributed by atoms with Crippen molar-refractivity contribution < 1.29 is 14.0 Å². The zero-order valence-corrected chi connectivity index (χ0v) is 14.9. The van der Waals surface area contributed by atoms with Crippen molar-refractivity contribution in [3.63, 3.8) is 0 Å². The van der Waals surface area contributed by atoms with Crippen molar-refractivity contribution in [2.45, 2.75) is 13.0 Å². The van der Waals surface area contributed by atoms with Crippen LogP contribution in [0.25, 0.3) is 0 Å². The third kappa shape index (κ3) is 4.20. The Morgan fingerprint density at radius 3 is 2.42 bits per heavy atom. The lowest BCUT2D eigenvalue weighted by Crippen LogP contribution is -2.28. The number of halogens is 1. The maximum Gasteiger partial charge on any atom is 0.229 e. The first kappa shape index (κ1) is 17.9. The minimum absolute atomic E-state index is 0.0579. The molecule has 5 nitrogen and oxygen atoms in total. The number of likely N-dealkylation sites (tertiary alicyclic amines) is 1. The summed E-state index contributed by atoms with van der Waals surface area (Å²) in [5, 5.41) is 2.88. The predicted octanol–water partition coefficient (Wildman–Crippen LogP) is 2.88. The number of nitrogens with one attached hydrogen (secondary N) is 1. The minimum Gasteiger partial charge on any atom is -0.378 e. The van der Waals surface area contributed by atoms with E-state index in [0.29, 0.717) is 18.8 Å². The second-order valence-electron chi connectivity index (χ2n) is 6.73. The normalized spacial score (nSPS) is 16.7. The standard InChI is InChI=1S/C20H22FN3O2/c1-23(2)18-9-7-17(8-10-18)22-20(26)15-11-19(25)24(13-15)12-14-3-5-16(21)6-4-14/h3-10,15H,11-13H2,1-2H3,(H,22,26). The zero-order valence-electron chi connectivity index (χ0n) is 14.9. The first-order chi connectivity index (χ1) is 12.4. The van der Waals surface area contributed by atoms with Crippen LogP contribution >= 0.6 is 0 Å². The van der Waals surface area contributed by atoms with Gasteiger partial charge in [0.15, 0.2) is 0 Å². The Morgan fingerprint density at radius 2 is 1.81 bits per heavy atom. The Morgan fingerprint density at radius 1 is 1.15 bits per heavy atom. The molecule has 2 aromatic rings. The second kappa shape index (κ2) is 7.56. The molecule has 1 aliphatic rings. The minimum atomic E-state index is -0.378. The first-order valence-electron chi connectivity index (χ1n) is 8.53. The van der Waals surface area contributed by atoms with E-state index in [1.807, 2.05) is 43.3 Å². The van der Waals surface area contributed by atoms with Crippen LogP contribution in [0.2, 0.25) is 0 Å². The second-order valence-corrected chi connectivity index (χ2v) is 6.73. The number of carbonyl (C=O) groups excluding carboxylic acids is 2. The number of carbonyl (C=O) groups is 2. The van der Waals surface area contributed by atoms with Gasteiger partial charge < -0.3 is 15.1 Å². The van der Waals surface area contributed by atoms with Gasteiger partial charge in [0.1, 0.15) is 5.82 Å². The van der Waals surface area contributed by atoms with Crippen molar-refractivity contribution in [1.29, 1.82) is 0 Å². The third-order valence-electron chi connectivity index (χ3n) is 4.52. The van der Waals surface area contributed by atoms with E-state index < -0.39 is 0 Å². The lowest BCUT2D eigenvalue weighted by Gasteiger charge is -2.17. The molecule has 2 amide bonds. The van der Waals surface area contributed by atoms with E-state index >= 15 is 0 Å². The third-order valence-corrected chi connectivity index (χ3v) is 4.52. The van der Waals surface area contributed by atoms with Gasteiger partial charge in [-0.25, -0.2) is 4.39 Å². The van der Waals surface area contributed by atoms with E-state index in [2.05, 4.69) is 5.32 Å². The Labute approximate surface area is 152 Å². The van der Waals surface area contributed by atoms with Gasteiger partial charge in [-0.15, -0.1) is 0 Å². The van der Waals surface area contributed by atoms with Gasteiger partial charge >= 0.3 is 0 Å². The molecule has 0 radical (unpaired) electrons. The van der Waals surface area contributed by atoms with Crippen molar-refractivity contribution in [3.8, 4) is 0 Å². The molecule has 1 N–H and O–H groups in total. The summed E-state index contributed by atoms with van der Waals surface area (Å²) in [6, 6.07) is 13.6. The average Bonchev–Trinajstić information content (AvgIpc) is 2.98. The van der Waals surface area contributed by atoms with Gasteiger partial charge in [-0.2, -0.15) is 0 Å². The number of anilines is 2. The van der Waals surface area contributed by atoms with Crippen molar-refractivity contribution in [2.24, 2.45) is 5.92 Å². The van der Waals surface area contributed by atoms with Gasteiger partial charge in [0.2, 0.25) is 11.8 Å². The molecule has 26 heavy (non-hydrogen) atoms. The Bertz CT molecular complexity index is 788. The number of hydrogen-bond acceptors (Lipinski definition) is 3. The van der Waals surface area contributed by atoms with Gasteiger partial charge in [0.05, 0.1) is 5.92 Å². The Balaban J connectivity index is 1.58. The van der Waals surface area contributed by atoms with E-state index in [9.17, 15) is 14.0 Å². The molecule has 0 aliphatic carbocycles. The van der Waals surface area contributed by atoms with Crippen LogP contribution in [-0.2, 0) is 16.1 Å². The SMILES string of the molecule is CN(C)c1ccc(NC(=O)C2CC(=O)N(Cc3ccc(F)cc3)C2)cc1. The van der Waals surface area contributed by atoms with E-state index in [1.165, 1.54) is 12.1 Å². The van der Waals surface area contributed by atoms with Gasteiger partial charge in [-0.3, -0.25) is 9.59 Å². The number of amides is 2. The summed E-state index contributed by atoms with van der Waals surface area (Å²) >= 11 is 0. The molecular formula is C20H22FN3O2. The van der Waals surface area contributed by atoms with E-state index in [0.717, 1.165) is 11.3 Å². The average molecular weight is 355 g/mol. The van der Waals surface area contributed by atoms with Crippen molar-refractivity contribution in [2.75, 3.05) is 30.9 Å².